The van der Waals surface area contributed by atoms with E-state index < -0.39 is 0 Å². The van der Waals surface area contributed by atoms with Gasteiger partial charge in [0.15, 0.2) is 17.1 Å². The average molecular weight is 326 g/mol. The van der Waals surface area contributed by atoms with E-state index in [1.807, 2.05) is 19.9 Å². The lowest BCUT2D eigenvalue weighted by Crippen LogP contribution is -2.12. The van der Waals surface area contributed by atoms with Gasteiger partial charge in [-0.05, 0) is 32.0 Å². The van der Waals surface area contributed by atoms with Crippen LogP contribution >= 0.6 is 0 Å². The zero-order valence-electron chi connectivity index (χ0n) is 13.7. The van der Waals surface area contributed by atoms with Gasteiger partial charge >= 0.3 is 0 Å². The summed E-state index contributed by atoms with van der Waals surface area (Å²) in [4.78, 5) is 16.9. The normalized spacial score (nSPS) is 10.6. The Balaban J connectivity index is 1.87. The third kappa shape index (κ3) is 3.01. The van der Waals surface area contributed by atoms with Crippen molar-refractivity contribution in [2.45, 2.75) is 13.8 Å². The van der Waals surface area contributed by atoms with E-state index in [1.165, 1.54) is 6.20 Å². The molecular formula is C17H18N4O3. The molecule has 24 heavy (non-hydrogen) atoms. The molecule has 0 saturated carbocycles. The molecule has 2 aromatic heterocycles. The number of aromatic nitrogens is 3. The third-order valence-electron chi connectivity index (χ3n) is 3.47. The number of nitrogens with one attached hydrogen (secondary N) is 1. The quantitative estimate of drug-likeness (QED) is 0.780. The fourth-order valence-electron chi connectivity index (χ4n) is 2.34. The van der Waals surface area contributed by atoms with Crippen LogP contribution in [0.3, 0.4) is 0 Å². The molecule has 7 heteroatoms. The van der Waals surface area contributed by atoms with E-state index in [9.17, 15) is 4.79 Å². The second-order valence-electron chi connectivity index (χ2n) is 5.15. The Morgan fingerprint density at radius 2 is 2.12 bits per heavy atom. The summed E-state index contributed by atoms with van der Waals surface area (Å²) in [5, 5.41) is 6.98. The molecule has 0 saturated heterocycles. The number of aryl methyl sites for hydroxylation is 1. The van der Waals surface area contributed by atoms with Crippen LogP contribution in [0.4, 0.5) is 5.69 Å². The molecule has 0 radical (unpaired) electrons. The predicted molar refractivity (Wildman–Crippen MR) is 89.8 cm³/mol. The molecule has 0 atom stereocenters. The summed E-state index contributed by atoms with van der Waals surface area (Å²) in [5.41, 5.74) is 2.35. The number of carbonyl (C=O) groups is 1. The number of amides is 1. The lowest BCUT2D eigenvalue weighted by atomic mass is 10.2. The molecule has 0 spiro atoms. The fourth-order valence-corrected chi connectivity index (χ4v) is 2.34. The molecule has 0 aliphatic rings. The smallest absolute Gasteiger partial charge is 0.261 e. The van der Waals surface area contributed by atoms with Crippen LogP contribution in [0.15, 0.2) is 36.7 Å². The number of anilines is 1. The van der Waals surface area contributed by atoms with Gasteiger partial charge in [-0.2, -0.15) is 5.10 Å². The Morgan fingerprint density at radius 3 is 2.88 bits per heavy atom. The molecule has 3 aromatic rings. The van der Waals surface area contributed by atoms with Crippen molar-refractivity contribution in [3.63, 3.8) is 0 Å². The van der Waals surface area contributed by atoms with Crippen LogP contribution in [0.1, 0.15) is 23.0 Å². The highest BCUT2D eigenvalue weighted by atomic mass is 16.5. The number of hydrogen-bond donors (Lipinski definition) is 1. The highest BCUT2D eigenvalue weighted by Crippen LogP contribution is 2.30. The number of methoxy groups -OCH3 is 1. The Bertz CT molecular complexity index is 889. The third-order valence-corrected chi connectivity index (χ3v) is 3.47. The van der Waals surface area contributed by atoms with E-state index in [4.69, 9.17) is 9.47 Å². The van der Waals surface area contributed by atoms with Crippen LogP contribution in [0.5, 0.6) is 11.5 Å². The van der Waals surface area contributed by atoms with Gasteiger partial charge in [0, 0.05) is 23.6 Å². The van der Waals surface area contributed by atoms with Crippen LogP contribution in [-0.2, 0) is 0 Å². The molecule has 7 nitrogen and oxygen atoms in total. The van der Waals surface area contributed by atoms with E-state index in [-0.39, 0.29) is 5.91 Å². The van der Waals surface area contributed by atoms with Gasteiger partial charge in [-0.3, -0.25) is 4.79 Å². The summed E-state index contributed by atoms with van der Waals surface area (Å²) in [6, 6.07) is 7.07. The summed E-state index contributed by atoms with van der Waals surface area (Å²) in [5.74, 6) is 0.907. The molecule has 3 rings (SSSR count). The minimum Gasteiger partial charge on any atom is -0.493 e. The standard InChI is InChI=1S/C17H18N4O3/c1-4-24-14-6-5-12(9-15(14)23-3)20-17(22)13-10-18-21-8-7-11(2)19-16(13)21/h5-10H,4H2,1-3H3,(H,20,22). The zero-order valence-corrected chi connectivity index (χ0v) is 13.7. The first-order valence-electron chi connectivity index (χ1n) is 7.55. The first-order valence-corrected chi connectivity index (χ1v) is 7.55. The monoisotopic (exact) mass is 326 g/mol. The van der Waals surface area contributed by atoms with E-state index in [0.717, 1.165) is 5.69 Å². The minimum atomic E-state index is -0.283. The maximum Gasteiger partial charge on any atom is 0.261 e. The zero-order chi connectivity index (χ0) is 17.1. The molecular weight excluding hydrogens is 308 g/mol. The molecule has 1 aromatic carbocycles. The van der Waals surface area contributed by atoms with Gasteiger partial charge in [0.25, 0.3) is 5.91 Å². The summed E-state index contributed by atoms with van der Waals surface area (Å²) >= 11 is 0. The molecule has 1 amide bonds. The largest absolute Gasteiger partial charge is 0.493 e. The van der Waals surface area contributed by atoms with Crippen LogP contribution in [-0.4, -0.2) is 34.2 Å². The SMILES string of the molecule is CCOc1ccc(NC(=O)c2cnn3ccc(C)nc23)cc1OC. The van der Waals surface area contributed by atoms with Crippen molar-refractivity contribution in [3.8, 4) is 11.5 Å². The van der Waals surface area contributed by atoms with Crippen molar-refractivity contribution in [1.82, 2.24) is 14.6 Å². The molecule has 124 valence electrons. The number of hydrogen-bond acceptors (Lipinski definition) is 5. The Labute approximate surface area is 139 Å². The maximum atomic E-state index is 12.5. The number of benzene rings is 1. The van der Waals surface area contributed by atoms with Gasteiger partial charge in [-0.1, -0.05) is 0 Å². The van der Waals surface area contributed by atoms with E-state index in [0.29, 0.717) is 35.0 Å². The van der Waals surface area contributed by atoms with Gasteiger partial charge in [0.2, 0.25) is 0 Å². The molecule has 0 bridgehead atoms. The minimum absolute atomic E-state index is 0.283. The van der Waals surface area contributed by atoms with Crippen molar-refractivity contribution in [2.24, 2.45) is 0 Å². The summed E-state index contributed by atoms with van der Waals surface area (Å²) < 4.78 is 12.3. The Kier molecular flexibility index (Phi) is 4.33. The summed E-state index contributed by atoms with van der Waals surface area (Å²) in [6.07, 6.45) is 3.28. The molecule has 0 aliphatic carbocycles. The van der Waals surface area contributed by atoms with Gasteiger partial charge in [-0.15, -0.1) is 0 Å². The van der Waals surface area contributed by atoms with Crippen LogP contribution in [0.2, 0.25) is 0 Å². The van der Waals surface area contributed by atoms with Crippen molar-refractivity contribution in [2.75, 3.05) is 19.0 Å². The van der Waals surface area contributed by atoms with Crippen molar-refractivity contribution in [1.29, 1.82) is 0 Å². The Morgan fingerprint density at radius 1 is 1.29 bits per heavy atom. The topological polar surface area (TPSA) is 77.8 Å². The van der Waals surface area contributed by atoms with Crippen LogP contribution in [0.25, 0.3) is 5.65 Å². The maximum absolute atomic E-state index is 12.5. The molecule has 0 unspecified atom stereocenters. The first kappa shape index (κ1) is 15.8. The number of nitrogens with zero attached hydrogens (tertiary/aromatic N) is 3. The molecule has 1 N–H and O–H groups in total. The van der Waals surface area contributed by atoms with E-state index in [1.54, 1.807) is 36.0 Å². The lowest BCUT2D eigenvalue weighted by Gasteiger charge is -2.11. The van der Waals surface area contributed by atoms with Gasteiger partial charge in [-0.25, -0.2) is 9.50 Å². The van der Waals surface area contributed by atoms with Gasteiger partial charge in [0.1, 0.15) is 5.56 Å². The number of carbonyl (C=O) groups excluding carboxylic acids is 1. The number of ether oxygens (including phenoxy) is 2. The van der Waals surface area contributed by atoms with Crippen LogP contribution in [0, 0.1) is 6.92 Å². The molecule has 0 aliphatic heterocycles. The van der Waals surface area contributed by atoms with Crippen molar-refractivity contribution < 1.29 is 14.3 Å². The van der Waals surface area contributed by atoms with Gasteiger partial charge in [0.05, 0.1) is 19.9 Å². The van der Waals surface area contributed by atoms with E-state index in [2.05, 4.69) is 15.4 Å². The molecule has 0 fully saturated rings. The van der Waals surface area contributed by atoms with E-state index >= 15 is 0 Å². The second kappa shape index (κ2) is 6.57. The van der Waals surface area contributed by atoms with Crippen LogP contribution < -0.4 is 14.8 Å². The summed E-state index contributed by atoms with van der Waals surface area (Å²) in [7, 11) is 1.56. The van der Waals surface area contributed by atoms with Gasteiger partial charge < -0.3 is 14.8 Å². The Hall–Kier alpha value is -3.09. The number of fused-ring (bicyclic) bond motifs is 1. The summed E-state index contributed by atoms with van der Waals surface area (Å²) in [6.45, 7) is 4.30. The second-order valence-corrected chi connectivity index (χ2v) is 5.15. The fraction of sp³-hybridized carbons (Fsp3) is 0.235. The number of rotatable bonds is 5. The highest BCUT2D eigenvalue weighted by molar-refractivity contribution is 6.08. The van der Waals surface area contributed by atoms with Crippen molar-refractivity contribution in [3.05, 3.63) is 47.9 Å². The lowest BCUT2D eigenvalue weighted by molar-refractivity contribution is 0.102. The first-order chi connectivity index (χ1) is 11.6. The van der Waals surface area contributed by atoms with Crippen molar-refractivity contribution >= 4 is 17.2 Å². The predicted octanol–water partition coefficient (Wildman–Crippen LogP) is 2.70. The molecule has 2 heterocycles. The highest BCUT2D eigenvalue weighted by Gasteiger charge is 2.15. The average Bonchev–Trinajstić information content (AvgIpc) is 2.99.